The van der Waals surface area contributed by atoms with Gasteiger partial charge in [-0.2, -0.15) is 0 Å². The Kier molecular flexibility index (Phi) is 4.54. The predicted molar refractivity (Wildman–Crippen MR) is 115 cm³/mol. The lowest BCUT2D eigenvalue weighted by atomic mass is 9.99. The van der Waals surface area contributed by atoms with E-state index in [2.05, 4.69) is 15.1 Å². The minimum absolute atomic E-state index is 0.466. The number of hydrogen-bond donors (Lipinski definition) is 1. The summed E-state index contributed by atoms with van der Waals surface area (Å²) in [4.78, 5) is 23.9. The van der Waals surface area contributed by atoms with Gasteiger partial charge in [-0.3, -0.25) is 9.97 Å². The smallest absolute Gasteiger partial charge is 0.417 e. The van der Waals surface area contributed by atoms with Gasteiger partial charge in [-0.15, -0.1) is 0 Å². The lowest BCUT2D eigenvalue weighted by Crippen LogP contribution is -1.98. The van der Waals surface area contributed by atoms with Crippen molar-refractivity contribution in [1.29, 1.82) is 0 Å². The van der Waals surface area contributed by atoms with Crippen molar-refractivity contribution in [3.63, 3.8) is 0 Å². The van der Waals surface area contributed by atoms with Gasteiger partial charge in [0, 0.05) is 23.3 Å². The van der Waals surface area contributed by atoms with Gasteiger partial charge in [-0.25, -0.2) is 9.78 Å². The molecule has 1 aromatic carbocycles. The van der Waals surface area contributed by atoms with Crippen molar-refractivity contribution in [2.24, 2.45) is 0 Å². The molecule has 0 aliphatic carbocycles. The van der Waals surface area contributed by atoms with Gasteiger partial charge >= 0.3 is 5.76 Å². The van der Waals surface area contributed by atoms with Crippen LogP contribution < -0.4 is 10.5 Å². The quantitative estimate of drug-likeness (QED) is 0.459. The van der Waals surface area contributed by atoms with E-state index in [0.717, 1.165) is 39.7 Å². The van der Waals surface area contributed by atoms with Gasteiger partial charge < -0.3 is 13.7 Å². The largest absolute Gasteiger partial charge is 0.496 e. The molecular weight excluding hydrogens is 396 g/mol. The molecule has 8 heteroatoms. The Balaban J connectivity index is 1.71. The van der Waals surface area contributed by atoms with Crippen LogP contribution in [0.5, 0.6) is 5.75 Å². The molecule has 1 N–H and O–H groups in total. The molecule has 5 aromatic rings. The highest BCUT2D eigenvalue weighted by atomic mass is 16.5. The second-order valence-electron chi connectivity index (χ2n) is 7.41. The summed E-state index contributed by atoms with van der Waals surface area (Å²) in [6.45, 7) is 3.75. The maximum Gasteiger partial charge on any atom is 0.417 e. The number of fused-ring (bicyclic) bond motifs is 3. The molecule has 0 fully saturated rings. The SMILES string of the molecule is COc1cc2c(cc1-c1c(C)noc1C)nc(CCc1cccnc1)c1oc(=O)[nH]c12. The first-order valence-electron chi connectivity index (χ1n) is 9.90. The second kappa shape index (κ2) is 7.39. The fraction of sp³-hybridized carbons (Fsp3) is 0.217. The number of aryl methyl sites for hydroxylation is 4. The van der Waals surface area contributed by atoms with E-state index >= 15 is 0 Å². The summed E-state index contributed by atoms with van der Waals surface area (Å²) in [5.74, 6) is 0.820. The van der Waals surface area contributed by atoms with Crippen LogP contribution >= 0.6 is 0 Å². The molecule has 0 amide bonds. The third-order valence-corrected chi connectivity index (χ3v) is 5.43. The summed E-state index contributed by atoms with van der Waals surface area (Å²) < 4.78 is 16.5. The average Bonchev–Trinajstić information content (AvgIpc) is 3.33. The molecule has 0 aliphatic heterocycles. The Bertz CT molecular complexity index is 1440. The average molecular weight is 416 g/mol. The van der Waals surface area contributed by atoms with Crippen LogP contribution in [0, 0.1) is 13.8 Å². The van der Waals surface area contributed by atoms with Crippen molar-refractivity contribution in [2.45, 2.75) is 26.7 Å². The van der Waals surface area contributed by atoms with Gasteiger partial charge in [-0.05, 0) is 50.5 Å². The first-order valence-corrected chi connectivity index (χ1v) is 9.90. The van der Waals surface area contributed by atoms with Crippen LogP contribution in [-0.2, 0) is 12.8 Å². The van der Waals surface area contributed by atoms with E-state index in [-0.39, 0.29) is 0 Å². The lowest BCUT2D eigenvalue weighted by molar-refractivity contribution is 0.393. The number of ether oxygens (including phenoxy) is 1. The first-order chi connectivity index (χ1) is 15.0. The first kappa shape index (κ1) is 19.0. The summed E-state index contributed by atoms with van der Waals surface area (Å²) in [7, 11) is 1.61. The number of nitrogens with zero attached hydrogens (tertiary/aromatic N) is 3. The van der Waals surface area contributed by atoms with Crippen LogP contribution in [0.1, 0.15) is 22.7 Å². The third kappa shape index (κ3) is 3.26. The number of H-pyrrole nitrogens is 1. The molecule has 0 aliphatic rings. The molecule has 0 saturated heterocycles. The van der Waals surface area contributed by atoms with E-state index in [1.807, 2.05) is 44.3 Å². The molecule has 0 saturated carbocycles. The van der Waals surface area contributed by atoms with E-state index in [0.29, 0.717) is 34.7 Å². The Hall–Kier alpha value is -3.94. The number of benzene rings is 1. The fourth-order valence-electron chi connectivity index (χ4n) is 3.99. The van der Waals surface area contributed by atoms with E-state index in [1.165, 1.54) is 0 Å². The molecule has 0 unspecified atom stereocenters. The zero-order valence-corrected chi connectivity index (χ0v) is 17.4. The Morgan fingerprint density at radius 3 is 2.77 bits per heavy atom. The van der Waals surface area contributed by atoms with Gasteiger partial charge in [-0.1, -0.05) is 11.2 Å². The minimum atomic E-state index is -0.513. The number of pyridine rings is 2. The summed E-state index contributed by atoms with van der Waals surface area (Å²) >= 11 is 0. The molecule has 8 nitrogen and oxygen atoms in total. The van der Waals surface area contributed by atoms with Crippen molar-refractivity contribution in [1.82, 2.24) is 20.1 Å². The van der Waals surface area contributed by atoms with Crippen LogP contribution in [0.2, 0.25) is 0 Å². The van der Waals surface area contributed by atoms with Gasteiger partial charge in [0.1, 0.15) is 11.5 Å². The minimum Gasteiger partial charge on any atom is -0.496 e. The van der Waals surface area contributed by atoms with Crippen molar-refractivity contribution in [3.05, 3.63) is 69.9 Å². The molecule has 0 spiro atoms. The van der Waals surface area contributed by atoms with Gasteiger partial charge in [0.15, 0.2) is 5.58 Å². The Morgan fingerprint density at radius 1 is 1.19 bits per heavy atom. The second-order valence-corrected chi connectivity index (χ2v) is 7.41. The lowest BCUT2D eigenvalue weighted by Gasteiger charge is -2.12. The predicted octanol–water partition coefficient (Wildman–Crippen LogP) is 4.13. The van der Waals surface area contributed by atoms with Crippen LogP contribution in [0.4, 0.5) is 0 Å². The Morgan fingerprint density at radius 2 is 2.06 bits per heavy atom. The molecule has 31 heavy (non-hydrogen) atoms. The fourth-order valence-corrected chi connectivity index (χ4v) is 3.99. The normalized spacial score (nSPS) is 11.5. The highest BCUT2D eigenvalue weighted by Crippen LogP contribution is 2.39. The summed E-state index contributed by atoms with van der Waals surface area (Å²) in [5.41, 5.74) is 6.07. The molecular formula is C23H20N4O4. The summed E-state index contributed by atoms with van der Waals surface area (Å²) in [6, 6.07) is 7.72. The zero-order chi connectivity index (χ0) is 21.5. The molecule has 5 rings (SSSR count). The zero-order valence-electron chi connectivity index (χ0n) is 17.4. The van der Waals surface area contributed by atoms with Crippen molar-refractivity contribution in [2.75, 3.05) is 7.11 Å². The number of hydrogen-bond acceptors (Lipinski definition) is 7. The number of methoxy groups -OCH3 is 1. The van der Waals surface area contributed by atoms with Gasteiger partial charge in [0.2, 0.25) is 0 Å². The highest BCUT2D eigenvalue weighted by Gasteiger charge is 2.20. The molecule has 156 valence electrons. The van der Waals surface area contributed by atoms with E-state index in [1.54, 1.807) is 13.3 Å². The van der Waals surface area contributed by atoms with Crippen LogP contribution in [0.3, 0.4) is 0 Å². The topological polar surface area (TPSA) is 107 Å². The maximum atomic E-state index is 12.0. The number of nitrogens with one attached hydrogen (secondary N) is 1. The molecule has 0 bridgehead atoms. The number of aromatic nitrogens is 4. The van der Waals surface area contributed by atoms with E-state index in [4.69, 9.17) is 18.7 Å². The van der Waals surface area contributed by atoms with Crippen LogP contribution in [0.25, 0.3) is 33.1 Å². The Labute approximate surface area is 176 Å². The standard InChI is InChI=1S/C23H20N4O4/c1-12-20(13(2)31-27-12)16-9-18-15(10-19(16)29-3)21-22(30-23(28)26-21)17(25-18)7-6-14-5-4-8-24-11-14/h4-5,8-11H,6-7H2,1-3H3,(H,26,28). The molecule has 4 heterocycles. The van der Waals surface area contributed by atoms with Crippen LogP contribution in [-0.4, -0.2) is 27.2 Å². The van der Waals surface area contributed by atoms with E-state index < -0.39 is 5.76 Å². The summed E-state index contributed by atoms with van der Waals surface area (Å²) in [5, 5.41) is 4.81. The molecule has 0 radical (unpaired) electrons. The summed E-state index contributed by atoms with van der Waals surface area (Å²) in [6.07, 6.45) is 4.89. The monoisotopic (exact) mass is 416 g/mol. The maximum absolute atomic E-state index is 12.0. The number of rotatable bonds is 5. The third-order valence-electron chi connectivity index (χ3n) is 5.43. The highest BCUT2D eigenvalue weighted by molar-refractivity contribution is 6.04. The van der Waals surface area contributed by atoms with Crippen molar-refractivity contribution in [3.8, 4) is 16.9 Å². The van der Waals surface area contributed by atoms with Gasteiger partial charge in [0.25, 0.3) is 0 Å². The van der Waals surface area contributed by atoms with Gasteiger partial charge in [0.05, 0.1) is 35.1 Å². The number of oxazole rings is 1. The molecule has 4 aromatic heterocycles. The van der Waals surface area contributed by atoms with Crippen molar-refractivity contribution < 1.29 is 13.7 Å². The van der Waals surface area contributed by atoms with Crippen molar-refractivity contribution >= 4 is 22.0 Å². The molecule has 0 atom stereocenters. The van der Waals surface area contributed by atoms with E-state index in [9.17, 15) is 4.79 Å². The van der Waals surface area contributed by atoms with Crippen LogP contribution in [0.15, 0.2) is 50.4 Å². The number of aromatic amines is 1.